The summed E-state index contributed by atoms with van der Waals surface area (Å²) in [5, 5.41) is 21.1. The van der Waals surface area contributed by atoms with Gasteiger partial charge in [-0.2, -0.15) is 0 Å². The lowest BCUT2D eigenvalue weighted by molar-refractivity contribution is 0.0841. The van der Waals surface area contributed by atoms with Crippen LogP contribution in [0.3, 0.4) is 0 Å². The number of benzene rings is 2. The van der Waals surface area contributed by atoms with E-state index in [0.717, 1.165) is 28.9 Å². The maximum Gasteiger partial charge on any atom is 0.174 e. The first-order valence-electron chi connectivity index (χ1n) is 10.8. The second-order valence-electron chi connectivity index (χ2n) is 8.82. The summed E-state index contributed by atoms with van der Waals surface area (Å²) in [7, 11) is 1.61. The summed E-state index contributed by atoms with van der Waals surface area (Å²) in [6, 6.07) is 6.87. The molecule has 2 atom stereocenters. The number of aromatic hydroxyl groups is 2. The molecular weight excluding hydrogens is 404 g/mol. The van der Waals surface area contributed by atoms with Gasteiger partial charge in [-0.05, 0) is 69.7 Å². The van der Waals surface area contributed by atoms with Crippen LogP contribution in [0.4, 0.5) is 0 Å². The zero-order valence-corrected chi connectivity index (χ0v) is 19.5. The molecule has 0 radical (unpaired) electrons. The Kier molecular flexibility index (Phi) is 6.97. The molecule has 2 N–H and O–H groups in total. The lowest BCUT2D eigenvalue weighted by atomic mass is 9.86. The Labute approximate surface area is 190 Å². The average molecular weight is 437 g/mol. The van der Waals surface area contributed by atoms with Crippen molar-refractivity contribution in [3.8, 4) is 23.0 Å². The van der Waals surface area contributed by atoms with Gasteiger partial charge in [0.25, 0.3) is 0 Å². The summed E-state index contributed by atoms with van der Waals surface area (Å²) < 4.78 is 11.6. The standard InChI is InChI=1S/C27H32O5/c1-15(2)7-8-18(16(3)4)12-21-22(28)13-23(29)26-24(30)14-25(32-27(21)26)20-10-9-19(31-6)11-17(20)5/h7,9-11,13,18,25,28-29H,3,8,12,14H2,1-2,4-6H3/t18?,25-/m0/s1. The van der Waals surface area contributed by atoms with Gasteiger partial charge in [0.15, 0.2) is 5.78 Å². The Bertz CT molecular complexity index is 1080. The normalized spacial score (nSPS) is 16.0. The highest BCUT2D eigenvalue weighted by atomic mass is 16.5. The number of carbonyl (C=O) groups is 1. The quantitative estimate of drug-likeness (QED) is 0.505. The number of rotatable bonds is 7. The molecule has 32 heavy (non-hydrogen) atoms. The summed E-state index contributed by atoms with van der Waals surface area (Å²) in [6.45, 7) is 12.1. The molecule has 0 bridgehead atoms. The van der Waals surface area contributed by atoms with Gasteiger partial charge in [-0.1, -0.05) is 29.9 Å². The van der Waals surface area contributed by atoms with Gasteiger partial charge >= 0.3 is 0 Å². The van der Waals surface area contributed by atoms with Gasteiger partial charge in [0.05, 0.1) is 13.5 Å². The van der Waals surface area contributed by atoms with E-state index in [0.29, 0.717) is 12.0 Å². The molecule has 0 saturated heterocycles. The molecule has 0 saturated carbocycles. The van der Waals surface area contributed by atoms with Crippen molar-refractivity contribution in [1.82, 2.24) is 0 Å². The summed E-state index contributed by atoms with van der Waals surface area (Å²) in [5.74, 6) is 0.514. The van der Waals surface area contributed by atoms with Gasteiger partial charge in [-0.25, -0.2) is 0 Å². The van der Waals surface area contributed by atoms with Crippen molar-refractivity contribution >= 4 is 5.78 Å². The lowest BCUT2D eigenvalue weighted by Crippen LogP contribution is -2.23. The summed E-state index contributed by atoms with van der Waals surface area (Å²) in [5.41, 5.74) is 4.67. The first-order chi connectivity index (χ1) is 15.1. The number of ketones is 1. The van der Waals surface area contributed by atoms with Crippen molar-refractivity contribution in [3.05, 3.63) is 70.3 Å². The number of allylic oxidation sites excluding steroid dienone is 3. The Morgan fingerprint density at radius 1 is 1.25 bits per heavy atom. The highest BCUT2D eigenvalue weighted by molar-refractivity contribution is 6.03. The second-order valence-corrected chi connectivity index (χ2v) is 8.82. The van der Waals surface area contributed by atoms with Gasteiger partial charge in [0.1, 0.15) is 34.7 Å². The molecule has 1 unspecified atom stereocenters. The van der Waals surface area contributed by atoms with E-state index in [9.17, 15) is 15.0 Å². The second kappa shape index (κ2) is 9.51. The van der Waals surface area contributed by atoms with E-state index >= 15 is 0 Å². The maximum atomic E-state index is 13.0. The molecule has 1 heterocycles. The highest BCUT2D eigenvalue weighted by Gasteiger charge is 2.34. The molecule has 0 aromatic heterocycles. The van der Waals surface area contributed by atoms with Crippen LogP contribution in [0.25, 0.3) is 0 Å². The first-order valence-corrected chi connectivity index (χ1v) is 10.8. The Hall–Kier alpha value is -3.21. The van der Waals surface area contributed by atoms with Crippen LogP contribution >= 0.6 is 0 Å². The van der Waals surface area contributed by atoms with E-state index in [1.165, 1.54) is 11.6 Å². The zero-order valence-electron chi connectivity index (χ0n) is 19.5. The maximum absolute atomic E-state index is 13.0. The van der Waals surface area contributed by atoms with E-state index in [-0.39, 0.29) is 40.9 Å². The number of hydrogen-bond acceptors (Lipinski definition) is 5. The molecule has 2 aromatic rings. The number of carbonyl (C=O) groups excluding carboxylic acids is 1. The number of Topliss-reactive ketones (excluding diaryl/α,β-unsaturated/α-hetero) is 1. The minimum atomic E-state index is -0.512. The number of phenols is 2. The molecule has 1 aliphatic rings. The van der Waals surface area contributed by atoms with Crippen LogP contribution in [0, 0.1) is 12.8 Å². The number of methoxy groups -OCH3 is 1. The Morgan fingerprint density at radius 2 is 1.97 bits per heavy atom. The highest BCUT2D eigenvalue weighted by Crippen LogP contribution is 2.47. The molecular formula is C27H32O5. The van der Waals surface area contributed by atoms with Crippen molar-refractivity contribution in [2.45, 2.75) is 53.1 Å². The van der Waals surface area contributed by atoms with Crippen molar-refractivity contribution in [2.75, 3.05) is 7.11 Å². The van der Waals surface area contributed by atoms with Crippen LogP contribution in [0.2, 0.25) is 0 Å². The number of ether oxygens (including phenoxy) is 2. The molecule has 170 valence electrons. The molecule has 2 aromatic carbocycles. The number of hydrogen-bond donors (Lipinski definition) is 2. The topological polar surface area (TPSA) is 76.0 Å². The fourth-order valence-electron chi connectivity index (χ4n) is 4.12. The van der Waals surface area contributed by atoms with Crippen LogP contribution in [0.1, 0.15) is 66.8 Å². The van der Waals surface area contributed by atoms with Crippen molar-refractivity contribution in [3.63, 3.8) is 0 Å². The third-order valence-electron chi connectivity index (χ3n) is 6.03. The summed E-state index contributed by atoms with van der Waals surface area (Å²) in [4.78, 5) is 13.0. The lowest BCUT2D eigenvalue weighted by Gasteiger charge is -2.30. The summed E-state index contributed by atoms with van der Waals surface area (Å²) in [6.07, 6.45) is 2.96. The zero-order chi connectivity index (χ0) is 23.6. The van der Waals surface area contributed by atoms with E-state index in [2.05, 4.69) is 12.7 Å². The number of phenolic OH excluding ortho intramolecular Hbond substituents is 2. The van der Waals surface area contributed by atoms with Crippen molar-refractivity contribution in [1.29, 1.82) is 0 Å². The van der Waals surface area contributed by atoms with Crippen LogP contribution in [-0.4, -0.2) is 23.1 Å². The Morgan fingerprint density at radius 3 is 2.56 bits per heavy atom. The molecule has 1 aliphatic heterocycles. The van der Waals surface area contributed by atoms with Gasteiger partial charge in [0.2, 0.25) is 0 Å². The van der Waals surface area contributed by atoms with E-state index in [4.69, 9.17) is 9.47 Å². The molecule has 0 aliphatic carbocycles. The fourth-order valence-corrected chi connectivity index (χ4v) is 4.12. The molecule has 3 rings (SSSR count). The van der Waals surface area contributed by atoms with Crippen LogP contribution in [0.5, 0.6) is 23.0 Å². The van der Waals surface area contributed by atoms with E-state index in [1.807, 2.05) is 45.9 Å². The predicted molar refractivity (Wildman–Crippen MR) is 126 cm³/mol. The third-order valence-corrected chi connectivity index (χ3v) is 6.03. The number of aryl methyl sites for hydroxylation is 1. The minimum absolute atomic E-state index is 0.0613. The van der Waals surface area contributed by atoms with Crippen LogP contribution in [-0.2, 0) is 6.42 Å². The number of fused-ring (bicyclic) bond motifs is 1. The minimum Gasteiger partial charge on any atom is -0.507 e. The molecule has 5 heteroatoms. The SMILES string of the molecule is C=C(C)C(CC=C(C)C)Cc1c(O)cc(O)c2c1O[C@H](c1ccc(OC)cc1C)CC2=O. The molecule has 5 nitrogen and oxygen atoms in total. The van der Waals surface area contributed by atoms with Crippen LogP contribution < -0.4 is 9.47 Å². The van der Waals surface area contributed by atoms with Gasteiger partial charge in [0, 0.05) is 11.6 Å². The van der Waals surface area contributed by atoms with Gasteiger partial charge in [-0.3, -0.25) is 4.79 Å². The fraction of sp³-hybridized carbons (Fsp3) is 0.370. The van der Waals surface area contributed by atoms with Gasteiger partial charge < -0.3 is 19.7 Å². The van der Waals surface area contributed by atoms with Crippen molar-refractivity contribution in [2.24, 2.45) is 5.92 Å². The van der Waals surface area contributed by atoms with Crippen molar-refractivity contribution < 1.29 is 24.5 Å². The van der Waals surface area contributed by atoms with E-state index < -0.39 is 6.10 Å². The smallest absolute Gasteiger partial charge is 0.174 e. The monoisotopic (exact) mass is 436 g/mol. The molecule has 0 fully saturated rings. The van der Waals surface area contributed by atoms with E-state index in [1.54, 1.807) is 7.11 Å². The molecule has 0 spiro atoms. The largest absolute Gasteiger partial charge is 0.507 e. The predicted octanol–water partition coefficient (Wildman–Crippen LogP) is 6.21. The Balaban J connectivity index is 2.04. The third kappa shape index (κ3) is 4.82. The first kappa shape index (κ1) is 23.5. The summed E-state index contributed by atoms with van der Waals surface area (Å²) >= 11 is 0. The van der Waals surface area contributed by atoms with Gasteiger partial charge in [-0.15, -0.1) is 0 Å². The van der Waals surface area contributed by atoms with Crippen LogP contribution in [0.15, 0.2) is 48.1 Å². The molecule has 0 amide bonds. The average Bonchev–Trinajstić information content (AvgIpc) is 2.71.